The van der Waals surface area contributed by atoms with E-state index in [1.54, 1.807) is 6.20 Å². The van der Waals surface area contributed by atoms with E-state index in [1.807, 2.05) is 13.0 Å². The van der Waals surface area contributed by atoms with Gasteiger partial charge in [0.2, 0.25) is 0 Å². The van der Waals surface area contributed by atoms with E-state index >= 15 is 0 Å². The highest BCUT2D eigenvalue weighted by molar-refractivity contribution is 5.57. The fraction of sp³-hybridized carbons (Fsp3) is 0.571. The highest BCUT2D eigenvalue weighted by Gasteiger charge is 2.21. The van der Waals surface area contributed by atoms with Crippen molar-refractivity contribution in [2.24, 2.45) is 11.7 Å². The lowest BCUT2D eigenvalue weighted by Crippen LogP contribution is -2.35. The Morgan fingerprint density at radius 3 is 2.83 bits per heavy atom. The lowest BCUT2D eigenvalue weighted by atomic mass is 9.93. The maximum atomic E-state index is 9.23. The summed E-state index contributed by atoms with van der Waals surface area (Å²) in [5, 5.41) is 9.23. The minimum atomic E-state index is 0.717. The third-order valence-electron chi connectivity index (χ3n) is 3.74. The second-order valence-corrected chi connectivity index (χ2v) is 4.95. The molecule has 1 aliphatic rings. The van der Waals surface area contributed by atoms with E-state index < -0.39 is 0 Å². The van der Waals surface area contributed by atoms with Crippen molar-refractivity contribution >= 4 is 5.82 Å². The summed E-state index contributed by atoms with van der Waals surface area (Å²) in [7, 11) is 0. The van der Waals surface area contributed by atoms with Crippen LogP contribution in [0.1, 0.15) is 30.4 Å². The number of anilines is 1. The van der Waals surface area contributed by atoms with E-state index in [4.69, 9.17) is 5.73 Å². The average Bonchev–Trinajstić information content (AvgIpc) is 2.40. The zero-order valence-corrected chi connectivity index (χ0v) is 10.9. The summed E-state index contributed by atoms with van der Waals surface area (Å²) < 4.78 is 0. The van der Waals surface area contributed by atoms with Crippen molar-refractivity contribution in [3.63, 3.8) is 0 Å². The number of aryl methyl sites for hydroxylation is 1. The monoisotopic (exact) mass is 244 g/mol. The van der Waals surface area contributed by atoms with Gasteiger partial charge in [0.05, 0.1) is 5.56 Å². The molecule has 0 aromatic carbocycles. The predicted octanol–water partition coefficient (Wildman–Crippen LogP) is 1.83. The van der Waals surface area contributed by atoms with Crippen molar-refractivity contribution in [2.75, 3.05) is 24.5 Å². The van der Waals surface area contributed by atoms with Crippen molar-refractivity contribution in [1.29, 1.82) is 5.26 Å². The van der Waals surface area contributed by atoms with E-state index in [-0.39, 0.29) is 0 Å². The molecule has 96 valence electrons. The minimum absolute atomic E-state index is 0.717. The number of piperidine rings is 1. The normalized spacial score (nSPS) is 16.6. The van der Waals surface area contributed by atoms with Gasteiger partial charge >= 0.3 is 0 Å². The highest BCUT2D eigenvalue weighted by atomic mass is 15.2. The zero-order valence-electron chi connectivity index (χ0n) is 10.9. The van der Waals surface area contributed by atoms with Crippen LogP contribution in [0.3, 0.4) is 0 Å². The quantitative estimate of drug-likeness (QED) is 0.881. The van der Waals surface area contributed by atoms with E-state index in [1.165, 1.54) is 0 Å². The van der Waals surface area contributed by atoms with Gasteiger partial charge in [-0.05, 0) is 50.3 Å². The number of pyridine rings is 1. The van der Waals surface area contributed by atoms with Crippen LogP contribution in [0.2, 0.25) is 0 Å². The molecule has 0 spiro atoms. The Balaban J connectivity index is 2.10. The van der Waals surface area contributed by atoms with Gasteiger partial charge in [0, 0.05) is 19.3 Å². The van der Waals surface area contributed by atoms with Crippen molar-refractivity contribution in [1.82, 2.24) is 4.98 Å². The number of rotatable bonds is 3. The second-order valence-electron chi connectivity index (χ2n) is 4.95. The van der Waals surface area contributed by atoms with Crippen LogP contribution >= 0.6 is 0 Å². The molecule has 2 N–H and O–H groups in total. The molecule has 1 aliphatic heterocycles. The summed E-state index contributed by atoms with van der Waals surface area (Å²) in [4.78, 5) is 6.62. The van der Waals surface area contributed by atoms with Crippen molar-refractivity contribution < 1.29 is 0 Å². The van der Waals surface area contributed by atoms with E-state index in [0.717, 1.165) is 61.8 Å². The van der Waals surface area contributed by atoms with Crippen molar-refractivity contribution in [3.05, 3.63) is 23.4 Å². The van der Waals surface area contributed by atoms with Crippen LogP contribution in [0.5, 0.6) is 0 Å². The van der Waals surface area contributed by atoms with Crippen LogP contribution in [0.25, 0.3) is 0 Å². The van der Waals surface area contributed by atoms with E-state index in [0.29, 0.717) is 0 Å². The van der Waals surface area contributed by atoms with Crippen LogP contribution in [-0.2, 0) is 0 Å². The van der Waals surface area contributed by atoms with Gasteiger partial charge in [0.1, 0.15) is 11.9 Å². The van der Waals surface area contributed by atoms with E-state index in [2.05, 4.69) is 16.0 Å². The predicted molar refractivity (Wildman–Crippen MR) is 72.3 cm³/mol. The first-order valence-corrected chi connectivity index (χ1v) is 6.57. The molecule has 1 fully saturated rings. The number of hydrogen-bond donors (Lipinski definition) is 1. The first-order valence-electron chi connectivity index (χ1n) is 6.57. The number of aromatic nitrogens is 1. The molecule has 0 amide bonds. The van der Waals surface area contributed by atoms with Gasteiger partial charge in [-0.3, -0.25) is 0 Å². The van der Waals surface area contributed by atoms with Crippen LogP contribution in [0.4, 0.5) is 5.82 Å². The van der Waals surface area contributed by atoms with Gasteiger partial charge in [0.25, 0.3) is 0 Å². The SMILES string of the molecule is Cc1ccnc(N2CCC(CCN)CC2)c1C#N. The number of nitrogens with zero attached hydrogens (tertiary/aromatic N) is 3. The molecule has 1 aromatic rings. The molecule has 0 bridgehead atoms. The van der Waals surface area contributed by atoms with Gasteiger partial charge in [-0.25, -0.2) is 4.98 Å². The van der Waals surface area contributed by atoms with Crippen LogP contribution in [-0.4, -0.2) is 24.6 Å². The number of nitrogens with two attached hydrogens (primary N) is 1. The van der Waals surface area contributed by atoms with E-state index in [9.17, 15) is 5.26 Å². The molecule has 0 unspecified atom stereocenters. The summed E-state index contributed by atoms with van der Waals surface area (Å²) in [6.07, 6.45) is 5.20. The van der Waals surface area contributed by atoms with Gasteiger partial charge in [0.15, 0.2) is 0 Å². The third kappa shape index (κ3) is 2.62. The second kappa shape index (κ2) is 5.83. The Hall–Kier alpha value is -1.60. The summed E-state index contributed by atoms with van der Waals surface area (Å²) in [5.74, 6) is 1.59. The summed E-state index contributed by atoms with van der Waals surface area (Å²) in [6.45, 7) is 4.70. The molecule has 18 heavy (non-hydrogen) atoms. The van der Waals surface area contributed by atoms with Gasteiger partial charge in [-0.2, -0.15) is 5.26 Å². The molecule has 2 heterocycles. The summed E-state index contributed by atoms with van der Waals surface area (Å²) in [6, 6.07) is 4.17. The largest absolute Gasteiger partial charge is 0.355 e. The van der Waals surface area contributed by atoms with Gasteiger partial charge in [-0.15, -0.1) is 0 Å². The molecule has 2 rings (SSSR count). The fourth-order valence-electron chi connectivity index (χ4n) is 2.59. The van der Waals surface area contributed by atoms with Crippen LogP contribution in [0.15, 0.2) is 12.3 Å². The Morgan fingerprint density at radius 2 is 2.22 bits per heavy atom. The molecule has 1 saturated heterocycles. The number of hydrogen-bond acceptors (Lipinski definition) is 4. The Bertz CT molecular complexity index is 442. The van der Waals surface area contributed by atoms with Gasteiger partial charge in [-0.1, -0.05) is 0 Å². The maximum Gasteiger partial charge on any atom is 0.146 e. The topological polar surface area (TPSA) is 65.9 Å². The first kappa shape index (κ1) is 12.8. The fourth-order valence-corrected chi connectivity index (χ4v) is 2.59. The van der Waals surface area contributed by atoms with Crippen LogP contribution < -0.4 is 10.6 Å². The molecular weight excluding hydrogens is 224 g/mol. The highest BCUT2D eigenvalue weighted by Crippen LogP contribution is 2.26. The lowest BCUT2D eigenvalue weighted by Gasteiger charge is -2.33. The zero-order chi connectivity index (χ0) is 13.0. The summed E-state index contributed by atoms with van der Waals surface area (Å²) >= 11 is 0. The smallest absolute Gasteiger partial charge is 0.146 e. The maximum absolute atomic E-state index is 9.23. The molecule has 0 saturated carbocycles. The third-order valence-corrected chi connectivity index (χ3v) is 3.74. The molecule has 0 atom stereocenters. The molecule has 0 radical (unpaired) electrons. The molecule has 4 nitrogen and oxygen atoms in total. The van der Waals surface area contributed by atoms with Crippen molar-refractivity contribution in [3.8, 4) is 6.07 Å². The molecule has 4 heteroatoms. The standard InChI is InChI=1S/C14H20N4/c1-11-3-7-17-14(13(11)10-16)18-8-4-12(2-6-15)5-9-18/h3,7,12H,2,4-6,8-9,15H2,1H3. The average molecular weight is 244 g/mol. The summed E-state index contributed by atoms with van der Waals surface area (Å²) in [5.41, 5.74) is 7.33. The Kier molecular flexibility index (Phi) is 4.16. The minimum Gasteiger partial charge on any atom is -0.355 e. The Morgan fingerprint density at radius 1 is 1.50 bits per heavy atom. The molecular formula is C14H20N4. The molecule has 1 aromatic heterocycles. The van der Waals surface area contributed by atoms with Crippen molar-refractivity contribution in [2.45, 2.75) is 26.2 Å². The number of nitriles is 1. The van der Waals surface area contributed by atoms with Gasteiger partial charge < -0.3 is 10.6 Å². The Labute approximate surface area is 108 Å². The molecule has 0 aliphatic carbocycles. The lowest BCUT2D eigenvalue weighted by molar-refractivity contribution is 0.385. The first-order chi connectivity index (χ1) is 8.76. The van der Waals surface area contributed by atoms with Crippen LogP contribution in [0, 0.1) is 24.2 Å².